The smallest absolute Gasteiger partial charge is 0.336 e. The minimum absolute atomic E-state index is 0.0600. The van der Waals surface area contributed by atoms with Gasteiger partial charge >= 0.3 is 5.97 Å². The zero-order valence-corrected chi connectivity index (χ0v) is 9.31. The summed E-state index contributed by atoms with van der Waals surface area (Å²) in [5.41, 5.74) is 0.695. The van der Waals surface area contributed by atoms with Gasteiger partial charge in [0.25, 0.3) is 0 Å². The number of phenols is 1. The summed E-state index contributed by atoms with van der Waals surface area (Å²) in [5.74, 6) is -0.935. The third-order valence-electron chi connectivity index (χ3n) is 2.35. The minimum Gasteiger partial charge on any atom is -0.508 e. The molecule has 0 spiro atoms. The number of aromatic hydroxyl groups is 1. The lowest BCUT2D eigenvalue weighted by atomic mass is 10.0. The Kier molecular flexibility index (Phi) is 4.58. The third kappa shape index (κ3) is 3.12. The monoisotopic (exact) mass is 220 g/mol. The first kappa shape index (κ1) is 12.3. The van der Waals surface area contributed by atoms with Crippen LogP contribution in [0.1, 0.15) is 35.7 Å². The van der Waals surface area contributed by atoms with Crippen molar-refractivity contribution in [3.05, 3.63) is 41.5 Å². The number of phenolic OH excluding ortho intramolecular Hbond substituents is 1. The standard InChI is InChI=1S/C13H16O3/c1-2-3-4-5-7-10-11(13(15)16)8-6-9-12(10)14/h3-4,6,8-9,14H,2,5,7H2,1H3,(H,15,16)/b4-3-. The molecule has 3 nitrogen and oxygen atoms in total. The van der Waals surface area contributed by atoms with Gasteiger partial charge in [-0.3, -0.25) is 0 Å². The summed E-state index contributed by atoms with van der Waals surface area (Å²) in [6.07, 6.45) is 6.28. The fourth-order valence-electron chi connectivity index (χ4n) is 1.55. The van der Waals surface area contributed by atoms with Crippen molar-refractivity contribution in [2.24, 2.45) is 0 Å². The minimum atomic E-state index is -0.995. The van der Waals surface area contributed by atoms with Crippen molar-refractivity contribution in [1.82, 2.24) is 0 Å². The maximum absolute atomic E-state index is 10.9. The molecule has 2 N–H and O–H groups in total. The zero-order chi connectivity index (χ0) is 12.0. The summed E-state index contributed by atoms with van der Waals surface area (Å²) >= 11 is 0. The van der Waals surface area contributed by atoms with Gasteiger partial charge < -0.3 is 10.2 Å². The second-order valence-electron chi connectivity index (χ2n) is 3.53. The number of rotatable bonds is 5. The van der Waals surface area contributed by atoms with Crippen molar-refractivity contribution < 1.29 is 15.0 Å². The van der Waals surface area contributed by atoms with Crippen LogP contribution in [0, 0.1) is 0 Å². The Labute approximate surface area is 95.0 Å². The van der Waals surface area contributed by atoms with Gasteiger partial charge in [0.05, 0.1) is 5.56 Å². The zero-order valence-electron chi connectivity index (χ0n) is 9.31. The normalized spacial score (nSPS) is 10.8. The molecule has 0 fully saturated rings. The average Bonchev–Trinajstić information content (AvgIpc) is 2.25. The van der Waals surface area contributed by atoms with Gasteiger partial charge in [0.1, 0.15) is 5.75 Å². The first-order valence-electron chi connectivity index (χ1n) is 5.36. The molecule has 3 heteroatoms. The van der Waals surface area contributed by atoms with E-state index in [-0.39, 0.29) is 11.3 Å². The Bertz CT molecular complexity index is 394. The molecular weight excluding hydrogens is 204 g/mol. The van der Waals surface area contributed by atoms with Gasteiger partial charge in [-0.2, -0.15) is 0 Å². The second-order valence-corrected chi connectivity index (χ2v) is 3.53. The van der Waals surface area contributed by atoms with Crippen LogP contribution in [0.4, 0.5) is 0 Å². The van der Waals surface area contributed by atoms with Crippen molar-refractivity contribution in [3.8, 4) is 5.75 Å². The van der Waals surface area contributed by atoms with Crippen molar-refractivity contribution >= 4 is 5.97 Å². The molecule has 16 heavy (non-hydrogen) atoms. The maximum Gasteiger partial charge on any atom is 0.336 e. The van der Waals surface area contributed by atoms with E-state index in [1.54, 1.807) is 6.07 Å². The largest absolute Gasteiger partial charge is 0.508 e. The van der Waals surface area contributed by atoms with E-state index >= 15 is 0 Å². The molecule has 1 aromatic rings. The van der Waals surface area contributed by atoms with E-state index in [1.807, 2.05) is 19.1 Å². The highest BCUT2D eigenvalue weighted by Gasteiger charge is 2.12. The molecule has 1 rings (SSSR count). The summed E-state index contributed by atoms with van der Waals surface area (Å²) in [7, 11) is 0. The summed E-state index contributed by atoms with van der Waals surface area (Å²) in [6, 6.07) is 4.58. The predicted octanol–water partition coefficient (Wildman–Crippen LogP) is 2.99. The molecule has 0 heterocycles. The Morgan fingerprint density at radius 2 is 2.12 bits per heavy atom. The van der Waals surface area contributed by atoms with E-state index in [0.717, 1.165) is 12.8 Å². The average molecular weight is 220 g/mol. The second kappa shape index (κ2) is 5.95. The number of carbonyl (C=O) groups is 1. The molecule has 0 aromatic heterocycles. The van der Waals surface area contributed by atoms with E-state index in [1.165, 1.54) is 12.1 Å². The first-order chi connectivity index (χ1) is 7.66. The van der Waals surface area contributed by atoms with Crippen LogP contribution < -0.4 is 0 Å². The summed E-state index contributed by atoms with van der Waals surface area (Å²) in [6.45, 7) is 2.04. The van der Waals surface area contributed by atoms with Crippen molar-refractivity contribution in [2.75, 3.05) is 0 Å². The fourth-order valence-corrected chi connectivity index (χ4v) is 1.55. The quantitative estimate of drug-likeness (QED) is 0.750. The maximum atomic E-state index is 10.9. The van der Waals surface area contributed by atoms with Crippen LogP contribution in [-0.2, 0) is 6.42 Å². The number of aromatic carboxylic acids is 1. The van der Waals surface area contributed by atoms with Crippen LogP contribution in [0.5, 0.6) is 5.75 Å². The fraction of sp³-hybridized carbons (Fsp3) is 0.308. The predicted molar refractivity (Wildman–Crippen MR) is 62.8 cm³/mol. The molecular formula is C13H16O3. The van der Waals surface area contributed by atoms with Crippen LogP contribution in [0.25, 0.3) is 0 Å². The van der Waals surface area contributed by atoms with Gasteiger partial charge in [0.2, 0.25) is 0 Å². The number of hydrogen-bond acceptors (Lipinski definition) is 2. The number of carboxylic acid groups (broad SMARTS) is 1. The number of benzene rings is 1. The van der Waals surface area contributed by atoms with Gasteiger partial charge in [0, 0.05) is 5.56 Å². The van der Waals surface area contributed by atoms with Gasteiger partial charge in [0.15, 0.2) is 0 Å². The Balaban J connectivity index is 2.84. The van der Waals surface area contributed by atoms with E-state index in [0.29, 0.717) is 12.0 Å². The third-order valence-corrected chi connectivity index (χ3v) is 2.35. The highest BCUT2D eigenvalue weighted by molar-refractivity contribution is 5.90. The van der Waals surface area contributed by atoms with Gasteiger partial charge in [-0.1, -0.05) is 25.1 Å². The first-order valence-corrected chi connectivity index (χ1v) is 5.36. The van der Waals surface area contributed by atoms with Crippen LogP contribution in [0.3, 0.4) is 0 Å². The molecule has 0 bridgehead atoms. The Hall–Kier alpha value is -1.77. The van der Waals surface area contributed by atoms with Crippen molar-refractivity contribution in [2.45, 2.75) is 26.2 Å². The van der Waals surface area contributed by atoms with Gasteiger partial charge in [-0.05, 0) is 31.4 Å². The molecule has 0 atom stereocenters. The van der Waals surface area contributed by atoms with Crippen LogP contribution in [0.15, 0.2) is 30.4 Å². The molecule has 0 unspecified atom stereocenters. The van der Waals surface area contributed by atoms with Crippen LogP contribution in [-0.4, -0.2) is 16.2 Å². The Morgan fingerprint density at radius 3 is 2.75 bits per heavy atom. The van der Waals surface area contributed by atoms with Gasteiger partial charge in [-0.25, -0.2) is 4.79 Å². The number of hydrogen-bond donors (Lipinski definition) is 2. The molecule has 0 aliphatic rings. The Morgan fingerprint density at radius 1 is 1.38 bits per heavy atom. The van der Waals surface area contributed by atoms with Crippen molar-refractivity contribution in [3.63, 3.8) is 0 Å². The highest BCUT2D eigenvalue weighted by Crippen LogP contribution is 2.22. The SMILES string of the molecule is CC/C=C\CCc1c(O)cccc1C(=O)O. The lowest BCUT2D eigenvalue weighted by molar-refractivity contribution is 0.0695. The van der Waals surface area contributed by atoms with Gasteiger partial charge in [-0.15, -0.1) is 0 Å². The van der Waals surface area contributed by atoms with Crippen LogP contribution in [0.2, 0.25) is 0 Å². The van der Waals surface area contributed by atoms with E-state index in [4.69, 9.17) is 5.11 Å². The summed E-state index contributed by atoms with van der Waals surface area (Å²) < 4.78 is 0. The molecule has 1 aromatic carbocycles. The highest BCUT2D eigenvalue weighted by atomic mass is 16.4. The molecule has 86 valence electrons. The number of carboxylic acids is 1. The van der Waals surface area contributed by atoms with E-state index in [2.05, 4.69) is 0 Å². The van der Waals surface area contributed by atoms with Crippen LogP contribution >= 0.6 is 0 Å². The lowest BCUT2D eigenvalue weighted by Crippen LogP contribution is -2.02. The number of allylic oxidation sites excluding steroid dienone is 2. The molecule has 0 saturated carbocycles. The summed E-state index contributed by atoms with van der Waals surface area (Å²) in [4.78, 5) is 10.9. The van der Waals surface area contributed by atoms with Crippen molar-refractivity contribution in [1.29, 1.82) is 0 Å². The topological polar surface area (TPSA) is 57.5 Å². The molecule has 0 radical (unpaired) electrons. The molecule has 0 saturated heterocycles. The van der Waals surface area contributed by atoms with E-state index < -0.39 is 5.97 Å². The summed E-state index contributed by atoms with van der Waals surface area (Å²) in [5, 5.41) is 18.6. The lowest BCUT2D eigenvalue weighted by Gasteiger charge is -2.06. The molecule has 0 aliphatic heterocycles. The molecule has 0 amide bonds. The van der Waals surface area contributed by atoms with E-state index in [9.17, 15) is 9.90 Å². The molecule has 0 aliphatic carbocycles.